The molecule has 476 valence electrons. The summed E-state index contributed by atoms with van der Waals surface area (Å²) < 4.78 is 17.6. The topological polar surface area (TPSA) is 175 Å². The van der Waals surface area contributed by atoms with Crippen molar-refractivity contribution >= 4 is 11.9 Å². The lowest BCUT2D eigenvalue weighted by atomic mass is 9.99. The maximum absolute atomic E-state index is 13.4. The van der Waals surface area contributed by atoms with Crippen molar-refractivity contribution in [1.82, 2.24) is 5.32 Å². The van der Waals surface area contributed by atoms with Crippen molar-refractivity contribution in [2.75, 3.05) is 13.2 Å². The van der Waals surface area contributed by atoms with E-state index in [-0.39, 0.29) is 19.4 Å². The number of hydrogen-bond donors (Lipinski definition) is 6. The normalized spacial score (nSPS) is 19.3. The molecule has 11 heteroatoms. The van der Waals surface area contributed by atoms with Crippen molar-refractivity contribution in [2.24, 2.45) is 0 Å². The summed E-state index contributed by atoms with van der Waals surface area (Å²) in [4.78, 5) is 26.6. The molecule has 0 radical (unpaired) electrons. The smallest absolute Gasteiger partial charge is 0.306 e. The van der Waals surface area contributed by atoms with E-state index in [1.165, 1.54) is 89.9 Å². The van der Waals surface area contributed by atoms with Gasteiger partial charge in [0.15, 0.2) is 12.4 Å². The number of amides is 1. The molecule has 0 aromatic rings. The average molecular weight is 1160 g/mol. The van der Waals surface area contributed by atoms with E-state index in [9.17, 15) is 35.1 Å². The van der Waals surface area contributed by atoms with Gasteiger partial charge in [0.25, 0.3) is 0 Å². The van der Waals surface area contributed by atoms with Gasteiger partial charge in [-0.3, -0.25) is 9.59 Å². The Morgan fingerprint density at radius 1 is 0.482 bits per heavy atom. The molecule has 0 bridgehead atoms. The Morgan fingerprint density at radius 2 is 0.867 bits per heavy atom. The maximum atomic E-state index is 13.4. The van der Waals surface area contributed by atoms with Gasteiger partial charge in [-0.2, -0.15) is 0 Å². The summed E-state index contributed by atoms with van der Waals surface area (Å²) in [6.07, 6.45) is 69.8. The third-order valence-corrected chi connectivity index (χ3v) is 15.2. The lowest BCUT2D eigenvalue weighted by molar-refractivity contribution is -0.305. The summed E-state index contributed by atoms with van der Waals surface area (Å²) in [5, 5.41) is 57.1. The molecule has 0 aromatic heterocycles. The van der Waals surface area contributed by atoms with Gasteiger partial charge in [0.1, 0.15) is 24.4 Å². The van der Waals surface area contributed by atoms with E-state index < -0.39 is 67.4 Å². The zero-order valence-electron chi connectivity index (χ0n) is 52.8. The Bertz CT molecular complexity index is 1770. The van der Waals surface area contributed by atoms with Crippen LogP contribution in [0.3, 0.4) is 0 Å². The van der Waals surface area contributed by atoms with Gasteiger partial charge < -0.3 is 45.1 Å². The first-order chi connectivity index (χ1) is 40.7. The predicted octanol–water partition coefficient (Wildman–Crippen LogP) is 16.8. The Hall–Kier alpha value is -3.68. The maximum Gasteiger partial charge on any atom is 0.306 e. The first-order valence-electron chi connectivity index (χ1n) is 33.7. The molecule has 1 heterocycles. The van der Waals surface area contributed by atoms with E-state index in [0.29, 0.717) is 12.8 Å². The molecule has 1 aliphatic rings. The summed E-state index contributed by atoms with van der Waals surface area (Å²) in [5.74, 6) is -1.22. The van der Waals surface area contributed by atoms with Crippen molar-refractivity contribution < 1.29 is 49.3 Å². The number of ether oxygens (including phenoxy) is 3. The number of aliphatic hydroxyl groups is 5. The first-order valence-corrected chi connectivity index (χ1v) is 33.7. The summed E-state index contributed by atoms with van der Waals surface area (Å²) in [6, 6.07) is -1.04. The van der Waals surface area contributed by atoms with Gasteiger partial charge in [-0.15, -0.1) is 0 Å². The van der Waals surface area contributed by atoms with Crippen LogP contribution in [0, 0.1) is 0 Å². The Balaban J connectivity index is 2.61. The molecule has 1 amide bonds. The van der Waals surface area contributed by atoms with Gasteiger partial charge in [0.2, 0.25) is 5.91 Å². The molecule has 8 unspecified atom stereocenters. The van der Waals surface area contributed by atoms with Gasteiger partial charge >= 0.3 is 5.97 Å². The molecule has 0 aliphatic carbocycles. The van der Waals surface area contributed by atoms with E-state index >= 15 is 0 Å². The van der Waals surface area contributed by atoms with Gasteiger partial charge in [0, 0.05) is 6.42 Å². The quantitative estimate of drug-likeness (QED) is 0.0195. The lowest BCUT2D eigenvalue weighted by Gasteiger charge is -2.41. The van der Waals surface area contributed by atoms with E-state index in [1.54, 1.807) is 6.08 Å². The molecule has 0 spiro atoms. The highest BCUT2D eigenvalue weighted by atomic mass is 16.7. The van der Waals surface area contributed by atoms with E-state index in [4.69, 9.17) is 14.2 Å². The Kier molecular flexibility index (Phi) is 54.7. The SMILES string of the molecule is CC/C=C\C/C=C\C/C=C\C/C=C\C/C=C\C/C=C\CCCCCCCCC(=O)OC1C(OCC(NC(=O)C(O)CCCCCCCCCC/C=C\C/C=C\CCCCC)C(O)/C=C/CCCCCCCCCCC)OC(CO)C(O)C1O. The second-order valence-corrected chi connectivity index (χ2v) is 22.8. The van der Waals surface area contributed by atoms with Crippen LogP contribution >= 0.6 is 0 Å². The standard InChI is InChI=1S/C72H123NO10/c1-4-7-10-13-16-19-22-24-26-28-30-31-32-33-34-35-36-38-40-42-45-48-51-54-57-60-67(77)83-70-69(79)68(78)66(61-74)82-72(70)81-62-63(64(75)58-55-52-49-46-43-21-18-15-12-9-6-3)73-71(80)65(76)59-56-53-50-47-44-41-39-37-29-27-25-23-20-17-14-11-8-5-2/h7,10,16-17,19-20,24-27,30-31,33-34,36,38,55,58,63-66,68-70,72,74-76,78-79H,4-6,8-9,11-15,18,21-23,28-29,32,35,37,39-54,56-57,59-62H2,1-3H3,(H,73,80)/b10-7-,19-16-,20-17-,26-24-,27-25-,31-30-,34-33-,38-36-,58-55+. The summed E-state index contributed by atoms with van der Waals surface area (Å²) in [5.41, 5.74) is 0. The Labute approximate surface area is 507 Å². The highest BCUT2D eigenvalue weighted by molar-refractivity contribution is 5.80. The van der Waals surface area contributed by atoms with Crippen LogP contribution in [-0.2, 0) is 23.8 Å². The van der Waals surface area contributed by atoms with Crippen molar-refractivity contribution in [3.8, 4) is 0 Å². The number of aliphatic hydroxyl groups excluding tert-OH is 5. The minimum Gasteiger partial charge on any atom is -0.454 e. The Morgan fingerprint density at radius 3 is 1.33 bits per heavy atom. The molecule has 0 aromatic carbocycles. The number of allylic oxidation sites excluding steroid dienone is 17. The summed E-state index contributed by atoms with van der Waals surface area (Å²) >= 11 is 0. The highest BCUT2D eigenvalue weighted by Crippen LogP contribution is 2.26. The lowest BCUT2D eigenvalue weighted by Crippen LogP contribution is -2.61. The molecular formula is C72H123NO10. The van der Waals surface area contributed by atoms with Crippen LogP contribution in [0.5, 0.6) is 0 Å². The number of esters is 1. The largest absolute Gasteiger partial charge is 0.454 e. The summed E-state index contributed by atoms with van der Waals surface area (Å²) in [7, 11) is 0. The van der Waals surface area contributed by atoms with Crippen molar-refractivity contribution in [1.29, 1.82) is 0 Å². The third-order valence-electron chi connectivity index (χ3n) is 15.2. The number of hydrogen-bond acceptors (Lipinski definition) is 10. The molecule has 1 rings (SSSR count). The minimum atomic E-state index is -1.63. The van der Waals surface area contributed by atoms with Crippen LogP contribution in [-0.4, -0.2) is 99.6 Å². The number of nitrogens with one attached hydrogen (secondary N) is 1. The highest BCUT2D eigenvalue weighted by Gasteiger charge is 2.47. The van der Waals surface area contributed by atoms with Crippen LogP contribution in [0.1, 0.15) is 271 Å². The average Bonchev–Trinajstić information content (AvgIpc) is 3.67. The molecule has 8 atom stereocenters. The number of carbonyl (C=O) groups is 2. The molecule has 83 heavy (non-hydrogen) atoms. The van der Waals surface area contributed by atoms with E-state index in [2.05, 4.69) is 123 Å². The van der Waals surface area contributed by atoms with E-state index in [0.717, 1.165) is 135 Å². The number of carbonyl (C=O) groups excluding carboxylic acids is 2. The zero-order valence-corrected chi connectivity index (χ0v) is 52.8. The van der Waals surface area contributed by atoms with Crippen LogP contribution in [0.15, 0.2) is 109 Å². The van der Waals surface area contributed by atoms with Crippen molar-refractivity contribution in [3.63, 3.8) is 0 Å². The molecule has 6 N–H and O–H groups in total. The third kappa shape index (κ3) is 46.2. The molecule has 1 saturated heterocycles. The fourth-order valence-corrected chi connectivity index (χ4v) is 9.86. The molecule has 11 nitrogen and oxygen atoms in total. The summed E-state index contributed by atoms with van der Waals surface area (Å²) in [6.45, 7) is 5.64. The van der Waals surface area contributed by atoms with Gasteiger partial charge in [-0.1, -0.05) is 265 Å². The first kappa shape index (κ1) is 77.3. The second-order valence-electron chi connectivity index (χ2n) is 22.8. The van der Waals surface area contributed by atoms with Crippen molar-refractivity contribution in [2.45, 2.75) is 320 Å². The van der Waals surface area contributed by atoms with E-state index in [1.807, 2.05) is 6.08 Å². The fraction of sp³-hybridized carbons (Fsp3) is 0.722. The monoisotopic (exact) mass is 1160 g/mol. The molecule has 0 saturated carbocycles. The number of unbranched alkanes of at least 4 members (excludes halogenated alkanes) is 26. The van der Waals surface area contributed by atoms with Crippen LogP contribution < -0.4 is 5.32 Å². The molecular weight excluding hydrogens is 1040 g/mol. The molecule has 1 fully saturated rings. The predicted molar refractivity (Wildman–Crippen MR) is 347 cm³/mol. The van der Waals surface area contributed by atoms with Crippen molar-refractivity contribution in [3.05, 3.63) is 109 Å². The molecule has 1 aliphatic heterocycles. The number of rotatable bonds is 56. The van der Waals surface area contributed by atoms with Crippen LogP contribution in [0.2, 0.25) is 0 Å². The van der Waals surface area contributed by atoms with Gasteiger partial charge in [-0.05, 0) is 109 Å². The minimum absolute atomic E-state index is 0.100. The second kappa shape index (κ2) is 58.7. The van der Waals surface area contributed by atoms with Gasteiger partial charge in [0.05, 0.1) is 25.4 Å². The van der Waals surface area contributed by atoms with Gasteiger partial charge in [-0.25, -0.2) is 0 Å². The zero-order chi connectivity index (χ0) is 60.3. The fourth-order valence-electron chi connectivity index (χ4n) is 9.86. The van der Waals surface area contributed by atoms with Crippen LogP contribution in [0.25, 0.3) is 0 Å². The van der Waals surface area contributed by atoms with Crippen LogP contribution in [0.4, 0.5) is 0 Å².